The van der Waals surface area contributed by atoms with Crippen LogP contribution >= 0.6 is 0 Å². The average molecular weight is 461 g/mol. The van der Waals surface area contributed by atoms with Crippen molar-refractivity contribution in [1.29, 1.82) is 0 Å². The molecule has 0 heterocycles. The summed E-state index contributed by atoms with van der Waals surface area (Å²) in [5.74, 6) is 0.292. The lowest BCUT2D eigenvalue weighted by Crippen LogP contribution is -2.36. The molecular weight excluding hydrogens is 408 g/mol. The van der Waals surface area contributed by atoms with Crippen molar-refractivity contribution in [2.75, 3.05) is 13.1 Å². The molecule has 33 heavy (non-hydrogen) atoms. The minimum atomic E-state index is -0.0581. The minimum Gasteiger partial charge on any atom is -0.508 e. The molecule has 1 rings (SSSR count). The monoisotopic (exact) mass is 460 g/mol. The van der Waals surface area contributed by atoms with Gasteiger partial charge in [-0.05, 0) is 37.0 Å². The van der Waals surface area contributed by atoms with Crippen LogP contribution in [0.5, 0.6) is 5.75 Å². The number of nitrogens with one attached hydrogen (secondary N) is 2. The second-order valence-corrected chi connectivity index (χ2v) is 9.61. The van der Waals surface area contributed by atoms with E-state index in [0.717, 1.165) is 25.8 Å². The van der Waals surface area contributed by atoms with Crippen molar-refractivity contribution in [2.45, 2.75) is 129 Å². The van der Waals surface area contributed by atoms with Crippen molar-refractivity contribution in [3.05, 3.63) is 29.8 Å². The van der Waals surface area contributed by atoms with E-state index in [1.807, 2.05) is 12.1 Å². The van der Waals surface area contributed by atoms with Crippen LogP contribution in [0.15, 0.2) is 24.3 Å². The highest BCUT2D eigenvalue weighted by Crippen LogP contribution is 2.14. The van der Waals surface area contributed by atoms with E-state index in [9.17, 15) is 9.90 Å². The number of aromatic hydroxyl groups is 1. The first-order valence-corrected chi connectivity index (χ1v) is 14.0. The molecule has 1 aromatic rings. The number of urea groups is 1. The molecule has 0 spiro atoms. The van der Waals surface area contributed by atoms with E-state index < -0.39 is 0 Å². The number of hydrogen-bond donors (Lipinski definition) is 3. The van der Waals surface area contributed by atoms with Crippen molar-refractivity contribution >= 4 is 6.03 Å². The van der Waals surface area contributed by atoms with Gasteiger partial charge >= 0.3 is 6.03 Å². The van der Waals surface area contributed by atoms with Crippen LogP contribution in [0.3, 0.4) is 0 Å². The molecule has 1 aromatic carbocycles. The van der Waals surface area contributed by atoms with Gasteiger partial charge in [-0.3, -0.25) is 0 Å². The van der Waals surface area contributed by atoms with Crippen LogP contribution in [-0.2, 0) is 6.42 Å². The lowest BCUT2D eigenvalue weighted by molar-refractivity contribution is 0.240. The number of aryl methyl sites for hydroxylation is 1. The van der Waals surface area contributed by atoms with Crippen molar-refractivity contribution in [3.8, 4) is 5.75 Å². The fourth-order valence-electron chi connectivity index (χ4n) is 4.27. The molecule has 2 amide bonds. The Kier molecular flexibility index (Phi) is 19.6. The summed E-state index contributed by atoms with van der Waals surface area (Å²) < 4.78 is 0. The summed E-state index contributed by atoms with van der Waals surface area (Å²) in [5.41, 5.74) is 1.18. The molecule has 0 unspecified atom stereocenters. The van der Waals surface area contributed by atoms with Gasteiger partial charge in [0, 0.05) is 13.1 Å². The van der Waals surface area contributed by atoms with E-state index in [0.29, 0.717) is 12.3 Å². The number of phenolic OH excluding ortho intramolecular Hbond substituents is 1. The Morgan fingerprint density at radius 3 is 1.45 bits per heavy atom. The van der Waals surface area contributed by atoms with E-state index in [1.165, 1.54) is 108 Å². The first-order chi connectivity index (χ1) is 16.2. The van der Waals surface area contributed by atoms with Gasteiger partial charge in [-0.2, -0.15) is 0 Å². The Morgan fingerprint density at radius 2 is 1.00 bits per heavy atom. The Balaban J connectivity index is 1.74. The molecule has 3 N–H and O–H groups in total. The summed E-state index contributed by atoms with van der Waals surface area (Å²) in [6.07, 6.45) is 25.1. The molecule has 0 fully saturated rings. The molecule has 0 aromatic heterocycles. The topological polar surface area (TPSA) is 61.4 Å². The maximum Gasteiger partial charge on any atom is 0.314 e. The predicted octanol–water partition coefficient (Wildman–Crippen LogP) is 8.28. The molecule has 4 heteroatoms. The third-order valence-electron chi connectivity index (χ3n) is 6.43. The number of phenols is 1. The molecule has 0 saturated heterocycles. The Labute approximate surface area is 204 Å². The largest absolute Gasteiger partial charge is 0.508 e. The van der Waals surface area contributed by atoms with Crippen LogP contribution in [-0.4, -0.2) is 24.2 Å². The molecule has 0 aliphatic rings. The van der Waals surface area contributed by atoms with Crippen LogP contribution in [0.25, 0.3) is 0 Å². The third-order valence-corrected chi connectivity index (χ3v) is 6.43. The van der Waals surface area contributed by atoms with Crippen molar-refractivity contribution in [1.82, 2.24) is 10.6 Å². The van der Waals surface area contributed by atoms with E-state index in [4.69, 9.17) is 0 Å². The SMILES string of the molecule is CCCCCCCCCCCCCCCCCCCNC(=O)NCCCc1ccc(O)cc1. The molecule has 4 nitrogen and oxygen atoms in total. The number of hydrogen-bond acceptors (Lipinski definition) is 2. The lowest BCUT2D eigenvalue weighted by atomic mass is 10.0. The zero-order valence-electron chi connectivity index (χ0n) is 21.5. The van der Waals surface area contributed by atoms with E-state index >= 15 is 0 Å². The van der Waals surface area contributed by atoms with Crippen LogP contribution in [0.4, 0.5) is 4.79 Å². The molecule has 0 atom stereocenters. The van der Waals surface area contributed by atoms with Crippen molar-refractivity contribution in [3.63, 3.8) is 0 Å². The summed E-state index contributed by atoms with van der Waals surface area (Å²) >= 11 is 0. The van der Waals surface area contributed by atoms with Gasteiger partial charge in [0.2, 0.25) is 0 Å². The predicted molar refractivity (Wildman–Crippen MR) is 142 cm³/mol. The first-order valence-electron chi connectivity index (χ1n) is 14.0. The number of unbranched alkanes of at least 4 members (excludes halogenated alkanes) is 16. The Morgan fingerprint density at radius 1 is 0.606 bits per heavy atom. The maximum absolute atomic E-state index is 11.8. The minimum absolute atomic E-state index is 0.0581. The van der Waals surface area contributed by atoms with E-state index in [1.54, 1.807) is 12.1 Å². The quantitative estimate of drug-likeness (QED) is 0.152. The number of benzene rings is 1. The highest BCUT2D eigenvalue weighted by Gasteiger charge is 2.00. The number of carbonyl (C=O) groups is 1. The molecule has 0 saturated carbocycles. The van der Waals surface area contributed by atoms with Gasteiger partial charge in [-0.15, -0.1) is 0 Å². The number of rotatable bonds is 22. The van der Waals surface area contributed by atoms with Gasteiger partial charge in [0.15, 0.2) is 0 Å². The molecule has 190 valence electrons. The lowest BCUT2D eigenvalue weighted by Gasteiger charge is -2.08. The van der Waals surface area contributed by atoms with Gasteiger partial charge in [0.1, 0.15) is 5.75 Å². The fourth-order valence-corrected chi connectivity index (χ4v) is 4.27. The Bertz CT molecular complexity index is 559. The van der Waals surface area contributed by atoms with Crippen molar-refractivity contribution in [2.24, 2.45) is 0 Å². The van der Waals surface area contributed by atoms with Gasteiger partial charge in [-0.25, -0.2) is 4.79 Å². The van der Waals surface area contributed by atoms with Crippen LogP contribution < -0.4 is 10.6 Å². The molecule has 0 bridgehead atoms. The summed E-state index contributed by atoms with van der Waals surface area (Å²) in [7, 11) is 0. The Hall–Kier alpha value is -1.71. The van der Waals surface area contributed by atoms with Gasteiger partial charge in [-0.1, -0.05) is 122 Å². The highest BCUT2D eigenvalue weighted by molar-refractivity contribution is 5.73. The van der Waals surface area contributed by atoms with E-state index in [2.05, 4.69) is 17.6 Å². The number of amides is 2. The standard InChI is InChI=1S/C29H52N2O2/c1-2-3-4-5-6-7-8-9-10-11-12-13-14-15-16-17-18-25-30-29(33)31-26-19-20-27-21-23-28(32)24-22-27/h21-24,32H,2-20,25-26H2,1H3,(H2,30,31,33). The van der Waals surface area contributed by atoms with Gasteiger partial charge in [0.05, 0.1) is 0 Å². The normalized spacial score (nSPS) is 10.9. The third kappa shape index (κ3) is 19.5. The molecule has 0 radical (unpaired) electrons. The van der Waals surface area contributed by atoms with Crippen LogP contribution in [0, 0.1) is 0 Å². The van der Waals surface area contributed by atoms with Crippen LogP contribution in [0.2, 0.25) is 0 Å². The summed E-state index contributed by atoms with van der Waals surface area (Å²) in [6, 6.07) is 7.20. The van der Waals surface area contributed by atoms with Crippen LogP contribution in [0.1, 0.15) is 128 Å². The zero-order chi connectivity index (χ0) is 23.8. The summed E-state index contributed by atoms with van der Waals surface area (Å²) in [6.45, 7) is 3.72. The second-order valence-electron chi connectivity index (χ2n) is 9.61. The molecular formula is C29H52N2O2. The second kappa shape index (κ2) is 22.1. The zero-order valence-corrected chi connectivity index (χ0v) is 21.5. The summed E-state index contributed by atoms with van der Waals surface area (Å²) in [4.78, 5) is 11.8. The van der Waals surface area contributed by atoms with Crippen molar-refractivity contribution < 1.29 is 9.90 Å². The van der Waals surface area contributed by atoms with Gasteiger partial charge in [0.25, 0.3) is 0 Å². The maximum atomic E-state index is 11.8. The fraction of sp³-hybridized carbons (Fsp3) is 0.759. The average Bonchev–Trinajstić information content (AvgIpc) is 2.82. The van der Waals surface area contributed by atoms with E-state index in [-0.39, 0.29) is 6.03 Å². The summed E-state index contributed by atoms with van der Waals surface area (Å²) in [5, 5.41) is 15.2. The first kappa shape index (κ1) is 29.3. The number of carbonyl (C=O) groups excluding carboxylic acids is 1. The molecule has 0 aliphatic carbocycles. The molecule has 0 aliphatic heterocycles. The highest BCUT2D eigenvalue weighted by atomic mass is 16.3. The smallest absolute Gasteiger partial charge is 0.314 e. The van der Waals surface area contributed by atoms with Gasteiger partial charge < -0.3 is 15.7 Å².